The molecule has 0 bridgehead atoms. The van der Waals surface area contributed by atoms with Crippen LogP contribution in [-0.2, 0) is 10.0 Å². The van der Waals surface area contributed by atoms with Crippen LogP contribution in [0.2, 0.25) is 0 Å². The van der Waals surface area contributed by atoms with Crippen molar-refractivity contribution in [2.24, 2.45) is 5.92 Å². The quantitative estimate of drug-likeness (QED) is 0.656. The summed E-state index contributed by atoms with van der Waals surface area (Å²) in [6.07, 6.45) is 1.21. The highest BCUT2D eigenvalue weighted by Gasteiger charge is 2.34. The molecule has 1 fully saturated rings. The monoisotopic (exact) mass is 260 g/mol. The van der Waals surface area contributed by atoms with E-state index in [-0.39, 0.29) is 16.6 Å². The predicted molar refractivity (Wildman–Crippen MR) is 61.5 cm³/mol. The SMILES string of the molecule is CC1CN(S(=O)(=O)c2cn[nH]c2N)CCC1O. The zero-order valence-electron chi connectivity index (χ0n) is 9.50. The number of nitrogens with one attached hydrogen (secondary N) is 1. The number of nitrogen functional groups attached to an aromatic ring is 1. The maximum atomic E-state index is 12.2. The fourth-order valence-corrected chi connectivity index (χ4v) is 3.51. The number of H-pyrrole nitrogens is 1. The van der Waals surface area contributed by atoms with Crippen molar-refractivity contribution in [1.29, 1.82) is 0 Å². The molecule has 0 amide bonds. The first-order valence-electron chi connectivity index (χ1n) is 5.40. The first kappa shape index (κ1) is 12.3. The molecule has 2 rings (SSSR count). The molecule has 8 heteroatoms. The van der Waals surface area contributed by atoms with Gasteiger partial charge < -0.3 is 10.8 Å². The summed E-state index contributed by atoms with van der Waals surface area (Å²) in [5.41, 5.74) is 5.52. The van der Waals surface area contributed by atoms with E-state index in [1.165, 1.54) is 10.5 Å². The van der Waals surface area contributed by atoms with Crippen LogP contribution in [0.15, 0.2) is 11.1 Å². The van der Waals surface area contributed by atoms with Crippen molar-refractivity contribution in [3.63, 3.8) is 0 Å². The van der Waals surface area contributed by atoms with Crippen LogP contribution in [0.1, 0.15) is 13.3 Å². The number of nitrogens with two attached hydrogens (primary N) is 1. The van der Waals surface area contributed by atoms with Crippen LogP contribution in [0.25, 0.3) is 0 Å². The summed E-state index contributed by atoms with van der Waals surface area (Å²) in [4.78, 5) is 0.00101. The molecule has 2 heterocycles. The third kappa shape index (κ3) is 2.15. The van der Waals surface area contributed by atoms with Gasteiger partial charge in [-0.25, -0.2) is 8.42 Å². The highest BCUT2D eigenvalue weighted by Crippen LogP contribution is 2.25. The summed E-state index contributed by atoms with van der Waals surface area (Å²) in [6, 6.07) is 0. The van der Waals surface area contributed by atoms with Gasteiger partial charge in [0.15, 0.2) is 0 Å². The van der Waals surface area contributed by atoms with Crippen LogP contribution in [0.5, 0.6) is 0 Å². The molecule has 2 unspecified atom stereocenters. The summed E-state index contributed by atoms with van der Waals surface area (Å²) in [5, 5.41) is 15.6. The van der Waals surface area contributed by atoms with Gasteiger partial charge in [0.05, 0.1) is 12.3 Å². The molecule has 2 atom stereocenters. The number of piperidine rings is 1. The summed E-state index contributed by atoms with van der Waals surface area (Å²) in [5.74, 6) is -0.0320. The number of nitrogens with zero attached hydrogens (tertiary/aromatic N) is 2. The van der Waals surface area contributed by atoms with E-state index in [1.807, 2.05) is 6.92 Å². The third-order valence-corrected chi connectivity index (χ3v) is 4.97. The van der Waals surface area contributed by atoms with Crippen LogP contribution >= 0.6 is 0 Å². The van der Waals surface area contributed by atoms with Gasteiger partial charge in [0.2, 0.25) is 10.0 Å². The molecule has 0 aromatic carbocycles. The van der Waals surface area contributed by atoms with Crippen molar-refractivity contribution in [1.82, 2.24) is 14.5 Å². The Bertz CT molecular complexity index is 498. The summed E-state index contributed by atoms with van der Waals surface area (Å²) in [6.45, 7) is 2.43. The van der Waals surface area contributed by atoms with Crippen molar-refractivity contribution in [2.75, 3.05) is 18.8 Å². The van der Waals surface area contributed by atoms with Crippen LogP contribution < -0.4 is 5.73 Å². The lowest BCUT2D eigenvalue weighted by Crippen LogP contribution is -2.44. The maximum Gasteiger partial charge on any atom is 0.248 e. The van der Waals surface area contributed by atoms with E-state index in [0.29, 0.717) is 19.5 Å². The van der Waals surface area contributed by atoms with Crippen molar-refractivity contribution < 1.29 is 13.5 Å². The topological polar surface area (TPSA) is 112 Å². The highest BCUT2D eigenvalue weighted by molar-refractivity contribution is 7.89. The molecule has 1 aliphatic rings. The summed E-state index contributed by atoms with van der Waals surface area (Å²) >= 11 is 0. The van der Waals surface area contributed by atoms with Crippen LogP contribution in [0.3, 0.4) is 0 Å². The Morgan fingerprint density at radius 2 is 2.35 bits per heavy atom. The smallest absolute Gasteiger partial charge is 0.248 e. The number of hydrogen-bond acceptors (Lipinski definition) is 5. The van der Waals surface area contributed by atoms with Gasteiger partial charge in [0.1, 0.15) is 10.7 Å². The average molecular weight is 260 g/mol. The van der Waals surface area contributed by atoms with Crippen molar-refractivity contribution in [3.05, 3.63) is 6.20 Å². The molecule has 0 aliphatic carbocycles. The maximum absolute atomic E-state index is 12.2. The number of anilines is 1. The van der Waals surface area contributed by atoms with Gasteiger partial charge >= 0.3 is 0 Å². The normalized spacial score (nSPS) is 27.2. The van der Waals surface area contributed by atoms with Crippen molar-refractivity contribution in [3.8, 4) is 0 Å². The van der Waals surface area contributed by atoms with Gasteiger partial charge in [-0.15, -0.1) is 0 Å². The number of aliphatic hydroxyl groups is 1. The van der Waals surface area contributed by atoms with E-state index in [2.05, 4.69) is 10.2 Å². The molecule has 0 radical (unpaired) electrons. The third-order valence-electron chi connectivity index (χ3n) is 3.07. The molecule has 7 nitrogen and oxygen atoms in total. The average Bonchev–Trinajstić information content (AvgIpc) is 2.69. The van der Waals surface area contributed by atoms with E-state index in [9.17, 15) is 13.5 Å². The molecule has 4 N–H and O–H groups in total. The first-order chi connectivity index (χ1) is 7.93. The lowest BCUT2D eigenvalue weighted by atomic mass is 9.99. The van der Waals surface area contributed by atoms with E-state index in [4.69, 9.17) is 5.73 Å². The molecular formula is C9H16N4O3S. The zero-order chi connectivity index (χ0) is 12.6. The van der Waals surface area contributed by atoms with Crippen LogP contribution in [0.4, 0.5) is 5.82 Å². The van der Waals surface area contributed by atoms with Crippen molar-refractivity contribution >= 4 is 15.8 Å². The molecular weight excluding hydrogens is 244 g/mol. The Balaban J connectivity index is 2.26. The zero-order valence-corrected chi connectivity index (χ0v) is 10.3. The Hall–Kier alpha value is -1.12. The lowest BCUT2D eigenvalue weighted by molar-refractivity contribution is 0.0629. The second-order valence-corrected chi connectivity index (χ2v) is 6.25. The van der Waals surface area contributed by atoms with E-state index < -0.39 is 16.1 Å². The standard InChI is InChI=1S/C9H16N4O3S/c1-6-5-13(3-2-7(6)14)17(15,16)8-4-11-12-9(8)10/h4,6-7,14H,2-3,5H2,1H3,(H3,10,11,12). The fourth-order valence-electron chi connectivity index (χ4n) is 1.94. The summed E-state index contributed by atoms with van der Waals surface area (Å²) < 4.78 is 25.8. The van der Waals surface area contributed by atoms with Crippen molar-refractivity contribution in [2.45, 2.75) is 24.3 Å². The number of rotatable bonds is 2. The molecule has 17 heavy (non-hydrogen) atoms. The van der Waals surface area contributed by atoms with E-state index in [0.717, 1.165) is 0 Å². The minimum absolute atomic E-state index is 0.00101. The van der Waals surface area contributed by atoms with E-state index in [1.54, 1.807) is 0 Å². The second kappa shape index (κ2) is 4.28. The number of aromatic amines is 1. The minimum Gasteiger partial charge on any atom is -0.393 e. The van der Waals surface area contributed by atoms with Crippen LogP contribution in [0, 0.1) is 5.92 Å². The lowest BCUT2D eigenvalue weighted by Gasteiger charge is -2.33. The number of aliphatic hydroxyl groups excluding tert-OH is 1. The summed E-state index contributed by atoms with van der Waals surface area (Å²) in [7, 11) is -3.60. The minimum atomic E-state index is -3.60. The Labute approximate surface area is 99.7 Å². The van der Waals surface area contributed by atoms with Crippen LogP contribution in [-0.4, -0.2) is 47.2 Å². The second-order valence-electron chi connectivity index (χ2n) is 4.34. The molecule has 1 aliphatic heterocycles. The van der Waals surface area contributed by atoms with Gasteiger partial charge in [-0.05, 0) is 12.3 Å². The molecule has 1 saturated heterocycles. The molecule has 96 valence electrons. The van der Waals surface area contributed by atoms with Gasteiger partial charge in [-0.1, -0.05) is 6.92 Å². The highest BCUT2D eigenvalue weighted by atomic mass is 32.2. The predicted octanol–water partition coefficient (Wildman–Crippen LogP) is -0.617. The van der Waals surface area contributed by atoms with Gasteiger partial charge in [0, 0.05) is 13.1 Å². The molecule has 0 spiro atoms. The number of hydrogen-bond donors (Lipinski definition) is 3. The molecule has 1 aromatic heterocycles. The fraction of sp³-hybridized carbons (Fsp3) is 0.667. The van der Waals surface area contributed by atoms with E-state index >= 15 is 0 Å². The Kier molecular flexibility index (Phi) is 3.11. The van der Waals surface area contributed by atoms with Gasteiger partial charge in [-0.2, -0.15) is 9.40 Å². The number of aromatic nitrogens is 2. The molecule has 0 saturated carbocycles. The van der Waals surface area contributed by atoms with Gasteiger partial charge in [0.25, 0.3) is 0 Å². The van der Waals surface area contributed by atoms with Gasteiger partial charge in [-0.3, -0.25) is 5.10 Å². The Morgan fingerprint density at radius 1 is 1.65 bits per heavy atom. The first-order valence-corrected chi connectivity index (χ1v) is 6.84. The molecule has 1 aromatic rings. The Morgan fingerprint density at radius 3 is 2.88 bits per heavy atom. The number of sulfonamides is 1. The largest absolute Gasteiger partial charge is 0.393 e.